The number of nitrogens with zero attached hydrogens (tertiary/aromatic N) is 3. The van der Waals surface area contributed by atoms with Crippen molar-refractivity contribution < 1.29 is 4.79 Å². The van der Waals surface area contributed by atoms with E-state index in [0.29, 0.717) is 6.54 Å². The van der Waals surface area contributed by atoms with Gasteiger partial charge >= 0.3 is 0 Å². The van der Waals surface area contributed by atoms with Gasteiger partial charge in [-0.25, -0.2) is 0 Å². The van der Waals surface area contributed by atoms with Gasteiger partial charge in [0.05, 0.1) is 11.0 Å². The zero-order valence-electron chi connectivity index (χ0n) is 16.3. The zero-order valence-corrected chi connectivity index (χ0v) is 16.3. The summed E-state index contributed by atoms with van der Waals surface area (Å²) in [5, 5.41) is 9.74. The van der Waals surface area contributed by atoms with Gasteiger partial charge in [0.1, 0.15) is 12.2 Å². The van der Waals surface area contributed by atoms with Crippen LogP contribution in [0, 0.1) is 0 Å². The summed E-state index contributed by atoms with van der Waals surface area (Å²) in [6.07, 6.45) is 1.85. The van der Waals surface area contributed by atoms with Crippen LogP contribution in [0.4, 0.5) is 0 Å². The van der Waals surface area contributed by atoms with Gasteiger partial charge in [-0.15, -0.1) is 0 Å². The molecular weight excluding hydrogens is 372 g/mol. The number of carbonyl (C=O) groups excluding carboxylic acids is 1. The Bertz CT molecular complexity index is 1330. The van der Waals surface area contributed by atoms with Crippen LogP contribution in [-0.2, 0) is 17.9 Å². The number of aromatic nitrogens is 3. The van der Waals surface area contributed by atoms with Crippen molar-refractivity contribution in [2.45, 2.75) is 13.1 Å². The Morgan fingerprint density at radius 3 is 2.33 bits per heavy atom. The number of amides is 1. The quantitative estimate of drug-likeness (QED) is 0.477. The molecule has 30 heavy (non-hydrogen) atoms. The minimum Gasteiger partial charge on any atom is -0.350 e. The van der Waals surface area contributed by atoms with E-state index in [0.717, 1.165) is 38.6 Å². The first-order valence-corrected chi connectivity index (χ1v) is 9.90. The fourth-order valence-electron chi connectivity index (χ4n) is 3.71. The summed E-state index contributed by atoms with van der Waals surface area (Å²) in [6, 6.07) is 27.8. The third-order valence-electron chi connectivity index (χ3n) is 5.15. The lowest BCUT2D eigenvalue weighted by atomic mass is 10.1. The molecule has 0 fully saturated rings. The lowest BCUT2D eigenvalue weighted by molar-refractivity contribution is -0.121. The van der Waals surface area contributed by atoms with E-state index in [1.807, 2.05) is 91.1 Å². The van der Waals surface area contributed by atoms with Crippen LogP contribution in [0.1, 0.15) is 5.56 Å². The van der Waals surface area contributed by atoms with Crippen LogP contribution in [0.2, 0.25) is 0 Å². The van der Waals surface area contributed by atoms with E-state index in [-0.39, 0.29) is 12.5 Å². The van der Waals surface area contributed by atoms with Crippen molar-refractivity contribution in [3.05, 3.63) is 96.7 Å². The number of rotatable bonds is 5. The average molecular weight is 392 g/mol. The zero-order chi connectivity index (χ0) is 20.3. The van der Waals surface area contributed by atoms with Crippen molar-refractivity contribution in [2.24, 2.45) is 0 Å². The first-order valence-electron chi connectivity index (χ1n) is 9.90. The molecule has 2 heterocycles. The van der Waals surface area contributed by atoms with Crippen molar-refractivity contribution in [2.75, 3.05) is 0 Å². The molecule has 5 heteroatoms. The van der Waals surface area contributed by atoms with Gasteiger partial charge in [0.2, 0.25) is 5.91 Å². The van der Waals surface area contributed by atoms with Crippen LogP contribution >= 0.6 is 0 Å². The maximum Gasteiger partial charge on any atom is 0.242 e. The fraction of sp³-hybridized carbons (Fsp3) is 0.0800. The van der Waals surface area contributed by atoms with Gasteiger partial charge in [-0.1, -0.05) is 78.9 Å². The van der Waals surface area contributed by atoms with Gasteiger partial charge in [0.25, 0.3) is 0 Å². The van der Waals surface area contributed by atoms with Crippen LogP contribution in [0.3, 0.4) is 0 Å². The minimum atomic E-state index is -0.0799. The molecule has 0 aliphatic heterocycles. The largest absolute Gasteiger partial charge is 0.350 e. The molecule has 0 spiro atoms. The van der Waals surface area contributed by atoms with Gasteiger partial charge in [-0.3, -0.25) is 14.5 Å². The number of fused-ring (bicyclic) bond motifs is 3. The Kier molecular flexibility index (Phi) is 4.69. The summed E-state index contributed by atoms with van der Waals surface area (Å²) >= 11 is 0. The van der Waals surface area contributed by atoms with E-state index in [9.17, 15) is 4.79 Å². The summed E-state index contributed by atoms with van der Waals surface area (Å²) in [7, 11) is 0. The second kappa shape index (κ2) is 7.79. The first kappa shape index (κ1) is 18.1. The normalized spacial score (nSPS) is 11.1. The number of nitrogens with one attached hydrogen (secondary N) is 1. The summed E-state index contributed by atoms with van der Waals surface area (Å²) < 4.78 is 1.79. The molecule has 146 valence electrons. The highest BCUT2D eigenvalue weighted by Gasteiger charge is 2.17. The number of carbonyl (C=O) groups is 1. The van der Waals surface area contributed by atoms with E-state index in [1.165, 1.54) is 0 Å². The SMILES string of the molecule is O=C(Cn1nc(-c2ccccc2)c2cnc3ccccc3c21)NCc1ccccc1. The Hall–Kier alpha value is -3.99. The summed E-state index contributed by atoms with van der Waals surface area (Å²) in [5.74, 6) is -0.0799. The van der Waals surface area contributed by atoms with Gasteiger partial charge in [-0.05, 0) is 11.6 Å². The molecule has 0 saturated heterocycles. The predicted octanol–water partition coefficient (Wildman–Crippen LogP) is 4.57. The number of benzene rings is 3. The molecule has 1 amide bonds. The van der Waals surface area contributed by atoms with Crippen molar-refractivity contribution in [3.63, 3.8) is 0 Å². The van der Waals surface area contributed by atoms with Crippen LogP contribution in [0.15, 0.2) is 91.1 Å². The van der Waals surface area contributed by atoms with E-state index in [1.54, 1.807) is 4.68 Å². The molecule has 0 aliphatic rings. The third kappa shape index (κ3) is 3.42. The van der Waals surface area contributed by atoms with E-state index in [4.69, 9.17) is 5.10 Å². The molecule has 1 N–H and O–H groups in total. The van der Waals surface area contributed by atoms with Crippen molar-refractivity contribution >= 4 is 27.7 Å². The van der Waals surface area contributed by atoms with Crippen molar-refractivity contribution in [1.82, 2.24) is 20.1 Å². The van der Waals surface area contributed by atoms with Crippen LogP contribution in [0.5, 0.6) is 0 Å². The Labute approximate surface area is 174 Å². The van der Waals surface area contributed by atoms with Gasteiger partial charge in [0.15, 0.2) is 0 Å². The molecule has 0 bridgehead atoms. The van der Waals surface area contributed by atoms with Gasteiger partial charge < -0.3 is 5.32 Å². The topological polar surface area (TPSA) is 59.8 Å². The Morgan fingerprint density at radius 2 is 1.53 bits per heavy atom. The van der Waals surface area contributed by atoms with E-state index >= 15 is 0 Å². The Morgan fingerprint density at radius 1 is 0.833 bits per heavy atom. The molecule has 0 unspecified atom stereocenters. The fourth-order valence-corrected chi connectivity index (χ4v) is 3.71. The molecule has 0 atom stereocenters. The summed E-state index contributed by atoms with van der Waals surface area (Å²) in [6.45, 7) is 0.636. The number of para-hydroxylation sites is 1. The second-order valence-electron chi connectivity index (χ2n) is 7.17. The highest BCUT2D eigenvalue weighted by Crippen LogP contribution is 2.31. The highest BCUT2D eigenvalue weighted by atomic mass is 16.2. The average Bonchev–Trinajstić information content (AvgIpc) is 3.18. The number of hydrogen-bond donors (Lipinski definition) is 1. The van der Waals surface area contributed by atoms with Crippen molar-refractivity contribution in [1.29, 1.82) is 0 Å². The molecule has 2 aromatic heterocycles. The van der Waals surface area contributed by atoms with Crippen molar-refractivity contribution in [3.8, 4) is 11.3 Å². The lowest BCUT2D eigenvalue weighted by Crippen LogP contribution is -2.27. The number of hydrogen-bond acceptors (Lipinski definition) is 3. The molecule has 5 aromatic rings. The molecule has 5 nitrogen and oxygen atoms in total. The lowest BCUT2D eigenvalue weighted by Gasteiger charge is -2.07. The monoisotopic (exact) mass is 392 g/mol. The molecule has 0 radical (unpaired) electrons. The highest BCUT2D eigenvalue weighted by molar-refractivity contribution is 6.08. The summed E-state index contributed by atoms with van der Waals surface area (Å²) in [4.78, 5) is 17.3. The molecule has 0 aliphatic carbocycles. The maximum absolute atomic E-state index is 12.7. The summed E-state index contributed by atoms with van der Waals surface area (Å²) in [5.41, 5.74) is 4.71. The molecule has 0 saturated carbocycles. The van der Waals surface area contributed by atoms with Crippen LogP contribution in [-0.4, -0.2) is 20.7 Å². The smallest absolute Gasteiger partial charge is 0.242 e. The van der Waals surface area contributed by atoms with E-state index < -0.39 is 0 Å². The van der Waals surface area contributed by atoms with Crippen LogP contribution < -0.4 is 5.32 Å². The Balaban J connectivity index is 1.55. The van der Waals surface area contributed by atoms with Gasteiger partial charge in [-0.2, -0.15) is 5.10 Å². The second-order valence-corrected chi connectivity index (χ2v) is 7.17. The molecular formula is C25H20N4O. The van der Waals surface area contributed by atoms with Gasteiger partial charge in [0, 0.05) is 29.1 Å². The minimum absolute atomic E-state index is 0.0799. The van der Waals surface area contributed by atoms with Crippen LogP contribution in [0.25, 0.3) is 33.1 Å². The van der Waals surface area contributed by atoms with E-state index in [2.05, 4.69) is 10.3 Å². The number of pyridine rings is 1. The molecule has 5 rings (SSSR count). The molecule has 3 aromatic carbocycles. The standard InChI is InChI=1S/C25H20N4O/c30-23(27-15-18-9-3-1-4-10-18)17-29-25-20-13-7-8-14-22(20)26-16-21(25)24(28-29)19-11-5-2-6-12-19/h1-14,16H,15,17H2,(H,27,30). The maximum atomic E-state index is 12.7. The predicted molar refractivity (Wildman–Crippen MR) is 119 cm³/mol. The third-order valence-corrected chi connectivity index (χ3v) is 5.15. The first-order chi connectivity index (χ1) is 14.8.